The molecular weight excluding hydrogens is 270 g/mol. The topological polar surface area (TPSA) is 74.0 Å². The van der Waals surface area contributed by atoms with Crippen molar-refractivity contribution in [2.45, 2.75) is 25.3 Å². The van der Waals surface area contributed by atoms with Crippen LogP contribution in [-0.4, -0.2) is 38.7 Å². The van der Waals surface area contributed by atoms with Crippen molar-refractivity contribution in [2.75, 3.05) is 18.5 Å². The molecule has 1 aliphatic heterocycles. The number of nitrogens with zero attached hydrogens (tertiary/aromatic N) is 4. The molecule has 0 saturated carbocycles. The molecular formula is C14H19N5O2. The molecule has 1 saturated heterocycles. The Hall–Kier alpha value is -2.15. The lowest BCUT2D eigenvalue weighted by Gasteiger charge is -2.19. The summed E-state index contributed by atoms with van der Waals surface area (Å²) in [6.07, 6.45) is 5.55. The van der Waals surface area contributed by atoms with Crippen molar-refractivity contribution in [2.24, 2.45) is 7.05 Å². The number of aryl methyl sites for hydroxylation is 1. The maximum atomic E-state index is 12.0. The third-order valence-corrected chi connectivity index (χ3v) is 3.61. The van der Waals surface area contributed by atoms with Crippen molar-refractivity contribution < 1.29 is 9.53 Å². The summed E-state index contributed by atoms with van der Waals surface area (Å²) in [4.78, 5) is 12.0. The molecule has 21 heavy (non-hydrogen) atoms. The molecule has 1 N–H and O–H groups in total. The highest BCUT2D eigenvalue weighted by atomic mass is 16.5. The van der Waals surface area contributed by atoms with Gasteiger partial charge in [-0.1, -0.05) is 0 Å². The van der Waals surface area contributed by atoms with Crippen molar-refractivity contribution >= 4 is 11.7 Å². The van der Waals surface area contributed by atoms with E-state index < -0.39 is 0 Å². The summed E-state index contributed by atoms with van der Waals surface area (Å²) in [6.45, 7) is 1.73. The molecule has 112 valence electrons. The van der Waals surface area contributed by atoms with Gasteiger partial charge in [0.1, 0.15) is 12.4 Å². The zero-order valence-electron chi connectivity index (χ0n) is 12.0. The van der Waals surface area contributed by atoms with Gasteiger partial charge in [0.05, 0.1) is 12.3 Å². The fourth-order valence-electron chi connectivity index (χ4n) is 2.50. The molecule has 1 atom stereocenters. The molecule has 1 fully saturated rings. The lowest BCUT2D eigenvalue weighted by molar-refractivity contribution is -0.116. The largest absolute Gasteiger partial charge is 0.381 e. The van der Waals surface area contributed by atoms with Gasteiger partial charge in [-0.2, -0.15) is 10.2 Å². The highest BCUT2D eigenvalue weighted by molar-refractivity contribution is 5.89. The van der Waals surface area contributed by atoms with E-state index in [9.17, 15) is 4.79 Å². The SMILES string of the molecule is Cn1nc(C2CCCOC2)cc1NC(=O)Cn1cccn1. The monoisotopic (exact) mass is 289 g/mol. The Morgan fingerprint density at radius 3 is 3.19 bits per heavy atom. The fraction of sp³-hybridized carbons (Fsp3) is 0.500. The summed E-state index contributed by atoms with van der Waals surface area (Å²) in [6, 6.07) is 3.72. The van der Waals surface area contributed by atoms with Crippen LogP contribution in [0.5, 0.6) is 0 Å². The zero-order valence-corrected chi connectivity index (χ0v) is 12.0. The molecule has 0 spiro atoms. The molecule has 0 radical (unpaired) electrons. The van der Waals surface area contributed by atoms with Crippen LogP contribution in [0.15, 0.2) is 24.5 Å². The van der Waals surface area contributed by atoms with Crippen molar-refractivity contribution in [3.8, 4) is 0 Å². The normalized spacial score (nSPS) is 18.6. The Kier molecular flexibility index (Phi) is 4.01. The van der Waals surface area contributed by atoms with Gasteiger partial charge in [0.15, 0.2) is 0 Å². The Bertz CT molecular complexity index is 599. The van der Waals surface area contributed by atoms with Crippen LogP contribution < -0.4 is 5.32 Å². The lowest BCUT2D eigenvalue weighted by Crippen LogP contribution is -2.20. The fourth-order valence-corrected chi connectivity index (χ4v) is 2.50. The molecule has 7 nitrogen and oxygen atoms in total. The van der Waals surface area contributed by atoms with Crippen LogP contribution in [0.2, 0.25) is 0 Å². The minimum Gasteiger partial charge on any atom is -0.381 e. The molecule has 2 aromatic heterocycles. The van der Waals surface area contributed by atoms with Crippen molar-refractivity contribution in [3.05, 3.63) is 30.2 Å². The maximum absolute atomic E-state index is 12.0. The molecule has 1 amide bonds. The summed E-state index contributed by atoms with van der Waals surface area (Å²) >= 11 is 0. The van der Waals surface area contributed by atoms with Gasteiger partial charge in [0.25, 0.3) is 0 Å². The average Bonchev–Trinajstić information content (AvgIpc) is 3.11. The van der Waals surface area contributed by atoms with Crippen LogP contribution in [-0.2, 0) is 23.1 Å². The number of anilines is 1. The van der Waals surface area contributed by atoms with E-state index in [1.54, 1.807) is 27.8 Å². The highest BCUT2D eigenvalue weighted by Gasteiger charge is 2.20. The number of carbonyl (C=O) groups excluding carboxylic acids is 1. The Morgan fingerprint density at radius 1 is 1.57 bits per heavy atom. The van der Waals surface area contributed by atoms with Gasteiger partial charge >= 0.3 is 0 Å². The number of aromatic nitrogens is 4. The molecule has 1 aliphatic rings. The van der Waals surface area contributed by atoms with Gasteiger partial charge in [0, 0.05) is 38.0 Å². The molecule has 0 aliphatic carbocycles. The summed E-state index contributed by atoms with van der Waals surface area (Å²) in [7, 11) is 1.83. The first kappa shape index (κ1) is 13.8. The van der Waals surface area contributed by atoms with E-state index in [0.29, 0.717) is 18.3 Å². The van der Waals surface area contributed by atoms with Gasteiger partial charge < -0.3 is 10.1 Å². The Labute approximate surface area is 122 Å². The number of hydrogen-bond donors (Lipinski definition) is 1. The van der Waals surface area contributed by atoms with Crippen LogP contribution in [0.25, 0.3) is 0 Å². The van der Waals surface area contributed by atoms with Gasteiger partial charge in [0.2, 0.25) is 5.91 Å². The molecule has 7 heteroatoms. The van der Waals surface area contributed by atoms with E-state index in [1.165, 1.54) is 0 Å². The van der Waals surface area contributed by atoms with E-state index in [2.05, 4.69) is 15.5 Å². The smallest absolute Gasteiger partial charge is 0.247 e. The van der Waals surface area contributed by atoms with E-state index in [4.69, 9.17) is 4.74 Å². The predicted octanol–water partition coefficient (Wildman–Crippen LogP) is 1.15. The number of ether oxygens (including phenoxy) is 1. The van der Waals surface area contributed by atoms with Crippen molar-refractivity contribution in [1.29, 1.82) is 0 Å². The van der Waals surface area contributed by atoms with Gasteiger partial charge in [-0.25, -0.2) is 0 Å². The van der Waals surface area contributed by atoms with E-state index in [1.807, 2.05) is 13.1 Å². The second kappa shape index (κ2) is 6.09. The first-order chi connectivity index (χ1) is 10.2. The van der Waals surface area contributed by atoms with Gasteiger partial charge in [-0.05, 0) is 18.9 Å². The summed E-state index contributed by atoms with van der Waals surface area (Å²) in [5.41, 5.74) is 0.978. The van der Waals surface area contributed by atoms with Crippen LogP contribution in [0.1, 0.15) is 24.5 Å². The van der Waals surface area contributed by atoms with Gasteiger partial charge in [-0.3, -0.25) is 14.2 Å². The van der Waals surface area contributed by atoms with E-state index in [0.717, 1.165) is 25.1 Å². The first-order valence-electron chi connectivity index (χ1n) is 7.11. The third kappa shape index (κ3) is 3.30. The molecule has 0 aromatic carbocycles. The molecule has 1 unspecified atom stereocenters. The van der Waals surface area contributed by atoms with Gasteiger partial charge in [-0.15, -0.1) is 0 Å². The quantitative estimate of drug-likeness (QED) is 0.916. The van der Waals surface area contributed by atoms with Crippen LogP contribution in [0.4, 0.5) is 5.82 Å². The zero-order chi connectivity index (χ0) is 14.7. The first-order valence-corrected chi connectivity index (χ1v) is 7.11. The number of carbonyl (C=O) groups is 1. The minimum atomic E-state index is -0.117. The third-order valence-electron chi connectivity index (χ3n) is 3.61. The molecule has 2 aromatic rings. The average molecular weight is 289 g/mol. The van der Waals surface area contributed by atoms with Crippen LogP contribution >= 0.6 is 0 Å². The Morgan fingerprint density at radius 2 is 2.48 bits per heavy atom. The van der Waals surface area contributed by atoms with Crippen LogP contribution in [0.3, 0.4) is 0 Å². The highest BCUT2D eigenvalue weighted by Crippen LogP contribution is 2.26. The number of rotatable bonds is 4. The summed E-state index contributed by atoms with van der Waals surface area (Å²) in [5, 5.41) is 11.4. The molecule has 3 rings (SSSR count). The second-order valence-electron chi connectivity index (χ2n) is 5.24. The summed E-state index contributed by atoms with van der Waals surface area (Å²) < 4.78 is 8.77. The molecule has 0 bridgehead atoms. The molecule has 3 heterocycles. The second-order valence-corrected chi connectivity index (χ2v) is 5.24. The summed E-state index contributed by atoms with van der Waals surface area (Å²) in [5.74, 6) is 0.905. The lowest BCUT2D eigenvalue weighted by atomic mass is 9.99. The van der Waals surface area contributed by atoms with Crippen LogP contribution in [0, 0.1) is 0 Å². The predicted molar refractivity (Wildman–Crippen MR) is 76.9 cm³/mol. The van der Waals surface area contributed by atoms with E-state index >= 15 is 0 Å². The number of hydrogen-bond acceptors (Lipinski definition) is 4. The van der Waals surface area contributed by atoms with Crippen molar-refractivity contribution in [1.82, 2.24) is 19.6 Å². The van der Waals surface area contributed by atoms with Crippen molar-refractivity contribution in [3.63, 3.8) is 0 Å². The maximum Gasteiger partial charge on any atom is 0.247 e. The van der Waals surface area contributed by atoms with E-state index in [-0.39, 0.29) is 12.5 Å². The number of nitrogens with one attached hydrogen (secondary N) is 1. The minimum absolute atomic E-state index is 0.117. The number of amides is 1. The standard InChI is InChI=1S/C14H19N5O2/c1-18-13(16-14(20)9-19-6-3-5-15-19)8-12(17-18)11-4-2-7-21-10-11/h3,5-6,8,11H,2,4,7,9-10H2,1H3,(H,16,20). The Balaban J connectivity index is 1.65.